The van der Waals surface area contributed by atoms with Crippen LogP contribution in [-0.2, 0) is 10.0 Å². The number of benzene rings is 1. The van der Waals surface area contributed by atoms with Gasteiger partial charge < -0.3 is 5.32 Å². The number of fused-ring (bicyclic) bond motifs is 1. The van der Waals surface area contributed by atoms with Crippen molar-refractivity contribution >= 4 is 28.1 Å². The van der Waals surface area contributed by atoms with Gasteiger partial charge in [-0.1, -0.05) is 12.1 Å². The number of halogens is 1. The van der Waals surface area contributed by atoms with Crippen molar-refractivity contribution in [1.82, 2.24) is 9.62 Å². The second kappa shape index (κ2) is 6.72. The molecule has 0 saturated carbocycles. The van der Waals surface area contributed by atoms with Crippen molar-refractivity contribution in [2.45, 2.75) is 30.7 Å². The van der Waals surface area contributed by atoms with Gasteiger partial charge in [0, 0.05) is 25.2 Å². The van der Waals surface area contributed by atoms with Crippen molar-refractivity contribution in [3.8, 4) is 0 Å². The van der Waals surface area contributed by atoms with Crippen LogP contribution >= 0.6 is 12.4 Å². The van der Waals surface area contributed by atoms with E-state index < -0.39 is 14.9 Å². The predicted octanol–water partition coefficient (Wildman–Crippen LogP) is 1.70. The third-order valence-corrected chi connectivity index (χ3v) is 6.66. The molecule has 2 atom stereocenters. The molecular weight excluding hydrogens is 342 g/mol. The zero-order valence-electron chi connectivity index (χ0n) is 12.8. The van der Waals surface area contributed by atoms with E-state index in [-0.39, 0.29) is 23.0 Å². The van der Waals surface area contributed by atoms with E-state index in [1.54, 1.807) is 13.0 Å². The van der Waals surface area contributed by atoms with Crippen molar-refractivity contribution in [3.05, 3.63) is 33.9 Å². The molecule has 2 fully saturated rings. The third-order valence-electron chi connectivity index (χ3n) is 4.60. The number of nitro benzene ring substituents is 1. The van der Waals surface area contributed by atoms with Gasteiger partial charge in [-0.05, 0) is 37.8 Å². The minimum atomic E-state index is -3.84. The van der Waals surface area contributed by atoms with Gasteiger partial charge in [0.2, 0.25) is 10.0 Å². The Morgan fingerprint density at radius 3 is 2.78 bits per heavy atom. The summed E-state index contributed by atoms with van der Waals surface area (Å²) in [4.78, 5) is 10.4. The second-order valence-corrected chi connectivity index (χ2v) is 7.82. The van der Waals surface area contributed by atoms with Crippen LogP contribution < -0.4 is 5.32 Å². The van der Waals surface area contributed by atoms with Gasteiger partial charge in [0.15, 0.2) is 4.90 Å². The monoisotopic (exact) mass is 361 g/mol. The normalized spacial score (nSPS) is 24.7. The average Bonchev–Trinajstić information content (AvgIpc) is 2.93. The fourth-order valence-corrected chi connectivity index (χ4v) is 5.35. The highest BCUT2D eigenvalue weighted by Gasteiger charge is 2.40. The second-order valence-electron chi connectivity index (χ2n) is 5.94. The summed E-state index contributed by atoms with van der Waals surface area (Å²) in [6, 6.07) is 4.74. The topological polar surface area (TPSA) is 92.5 Å². The molecule has 0 aliphatic carbocycles. The Morgan fingerprint density at radius 1 is 1.35 bits per heavy atom. The number of nitrogens with zero attached hydrogens (tertiary/aromatic N) is 2. The SMILES string of the molecule is Cc1cccc([N+](=O)[O-])c1S(=O)(=O)N1CCC2NCCC2C1.Cl. The minimum Gasteiger partial charge on any atom is -0.314 e. The summed E-state index contributed by atoms with van der Waals surface area (Å²) in [5.74, 6) is 0.298. The van der Waals surface area contributed by atoms with E-state index in [1.807, 2.05) is 0 Å². The average molecular weight is 362 g/mol. The first-order valence-electron chi connectivity index (χ1n) is 7.39. The summed E-state index contributed by atoms with van der Waals surface area (Å²) in [5.41, 5.74) is 0.0764. The highest BCUT2D eigenvalue weighted by Crippen LogP contribution is 2.33. The van der Waals surface area contributed by atoms with Gasteiger partial charge in [-0.3, -0.25) is 10.1 Å². The molecular formula is C14H20ClN3O4S. The van der Waals surface area contributed by atoms with E-state index in [1.165, 1.54) is 16.4 Å². The molecule has 9 heteroatoms. The zero-order chi connectivity index (χ0) is 15.9. The highest BCUT2D eigenvalue weighted by molar-refractivity contribution is 7.89. The summed E-state index contributed by atoms with van der Waals surface area (Å²) in [7, 11) is -3.84. The van der Waals surface area contributed by atoms with Crippen molar-refractivity contribution < 1.29 is 13.3 Å². The molecule has 1 aromatic rings. The number of aryl methyl sites for hydroxylation is 1. The Morgan fingerprint density at radius 2 is 2.09 bits per heavy atom. The van der Waals surface area contributed by atoms with Crippen LogP contribution in [0.5, 0.6) is 0 Å². The van der Waals surface area contributed by atoms with Gasteiger partial charge in [0.25, 0.3) is 5.69 Å². The maximum atomic E-state index is 12.9. The van der Waals surface area contributed by atoms with Gasteiger partial charge in [-0.2, -0.15) is 4.31 Å². The number of nitrogens with one attached hydrogen (secondary N) is 1. The van der Waals surface area contributed by atoms with Gasteiger partial charge in [0.1, 0.15) is 0 Å². The molecule has 0 amide bonds. The summed E-state index contributed by atoms with van der Waals surface area (Å²) in [6.45, 7) is 3.35. The molecule has 23 heavy (non-hydrogen) atoms. The van der Waals surface area contributed by atoms with Crippen molar-refractivity contribution in [3.63, 3.8) is 0 Å². The lowest BCUT2D eigenvalue weighted by Gasteiger charge is -2.34. The molecule has 2 saturated heterocycles. The van der Waals surface area contributed by atoms with Crippen LogP contribution in [0.15, 0.2) is 23.1 Å². The Balaban J connectivity index is 0.00000192. The quantitative estimate of drug-likeness (QED) is 0.653. The first-order valence-corrected chi connectivity index (χ1v) is 8.83. The molecule has 0 radical (unpaired) electrons. The Bertz CT molecular complexity index is 710. The van der Waals surface area contributed by atoms with Gasteiger partial charge >= 0.3 is 0 Å². The fourth-order valence-electron chi connectivity index (χ4n) is 3.48. The van der Waals surface area contributed by atoms with Crippen LogP contribution in [0, 0.1) is 23.0 Å². The summed E-state index contributed by atoms with van der Waals surface area (Å²) in [6.07, 6.45) is 1.70. The van der Waals surface area contributed by atoms with Crippen LogP contribution in [0.3, 0.4) is 0 Å². The first-order chi connectivity index (χ1) is 10.4. The number of sulfonamides is 1. The summed E-state index contributed by atoms with van der Waals surface area (Å²) < 4.78 is 27.3. The minimum absolute atomic E-state index is 0. The van der Waals surface area contributed by atoms with Crippen LogP contribution in [-0.4, -0.2) is 43.3 Å². The standard InChI is InChI=1S/C14H19N3O4S.ClH/c1-10-3-2-4-13(17(18)19)14(10)22(20,21)16-8-6-12-11(9-16)5-7-15-12;/h2-4,11-12,15H,5-9H2,1H3;1H. The van der Waals surface area contributed by atoms with E-state index in [2.05, 4.69) is 5.32 Å². The Hall–Kier alpha value is -1.22. The lowest BCUT2D eigenvalue weighted by molar-refractivity contribution is -0.387. The molecule has 1 aromatic carbocycles. The number of nitro groups is 1. The van der Waals surface area contributed by atoms with Crippen molar-refractivity contribution in [1.29, 1.82) is 0 Å². The maximum Gasteiger partial charge on any atom is 0.289 e. The molecule has 2 unspecified atom stereocenters. The zero-order valence-corrected chi connectivity index (χ0v) is 14.4. The van der Waals surface area contributed by atoms with Crippen LogP contribution in [0.25, 0.3) is 0 Å². The summed E-state index contributed by atoms with van der Waals surface area (Å²) >= 11 is 0. The van der Waals surface area contributed by atoms with E-state index >= 15 is 0 Å². The first kappa shape index (κ1) is 18.1. The van der Waals surface area contributed by atoms with Gasteiger partial charge in [0.05, 0.1) is 4.92 Å². The van der Waals surface area contributed by atoms with Crippen LogP contribution in [0.1, 0.15) is 18.4 Å². The van der Waals surface area contributed by atoms with E-state index in [0.29, 0.717) is 30.6 Å². The molecule has 7 nitrogen and oxygen atoms in total. The van der Waals surface area contributed by atoms with Crippen LogP contribution in [0.2, 0.25) is 0 Å². The molecule has 1 N–H and O–H groups in total. The molecule has 3 rings (SSSR count). The van der Waals surface area contributed by atoms with Crippen molar-refractivity contribution in [2.24, 2.45) is 5.92 Å². The largest absolute Gasteiger partial charge is 0.314 e. The van der Waals surface area contributed by atoms with Crippen molar-refractivity contribution in [2.75, 3.05) is 19.6 Å². The Labute approximate surface area is 141 Å². The smallest absolute Gasteiger partial charge is 0.289 e. The number of piperidine rings is 1. The number of hydrogen-bond acceptors (Lipinski definition) is 5. The third kappa shape index (κ3) is 3.21. The fraction of sp³-hybridized carbons (Fsp3) is 0.571. The molecule has 128 valence electrons. The maximum absolute atomic E-state index is 12.9. The van der Waals surface area contributed by atoms with E-state index in [0.717, 1.165) is 19.4 Å². The molecule has 2 aliphatic heterocycles. The van der Waals surface area contributed by atoms with Gasteiger partial charge in [-0.25, -0.2) is 8.42 Å². The lowest BCUT2D eigenvalue weighted by atomic mass is 9.95. The van der Waals surface area contributed by atoms with Gasteiger partial charge in [-0.15, -0.1) is 12.4 Å². The molecule has 2 heterocycles. The molecule has 0 aromatic heterocycles. The predicted molar refractivity (Wildman–Crippen MR) is 88.4 cm³/mol. The molecule has 0 spiro atoms. The number of hydrogen-bond donors (Lipinski definition) is 1. The summed E-state index contributed by atoms with van der Waals surface area (Å²) in [5, 5.41) is 14.6. The van der Waals surface area contributed by atoms with Crippen LogP contribution in [0.4, 0.5) is 5.69 Å². The van der Waals surface area contributed by atoms with E-state index in [4.69, 9.17) is 0 Å². The Kier molecular flexibility index (Phi) is 5.30. The lowest BCUT2D eigenvalue weighted by Crippen LogP contribution is -2.47. The highest BCUT2D eigenvalue weighted by atomic mass is 35.5. The number of rotatable bonds is 3. The molecule has 0 bridgehead atoms. The molecule has 2 aliphatic rings. The van der Waals surface area contributed by atoms with E-state index in [9.17, 15) is 18.5 Å².